The average molecular weight is 681 g/mol. The maximum Gasteiger partial charge on any atom is 0.203 e. The molecule has 50 heavy (non-hydrogen) atoms. The summed E-state index contributed by atoms with van der Waals surface area (Å²) in [6, 6.07) is 20.1. The minimum absolute atomic E-state index is 0.197. The molecule has 0 N–H and O–H groups in total. The average Bonchev–Trinajstić information content (AvgIpc) is 3.13. The van der Waals surface area contributed by atoms with Crippen molar-refractivity contribution in [3.8, 4) is 22.5 Å². The topological polar surface area (TPSA) is 59.5 Å². The first-order chi connectivity index (χ1) is 24.5. The summed E-state index contributed by atoms with van der Waals surface area (Å²) in [5.74, 6) is -0.401. The SMILES string of the molecule is CCCCCCCCN(CCCCCCCC)c1ccc2c(-c3ccccc3C(=O)[O-])c3ccc(=[N+](C)CCCCCCCC)cc-3oc2c1. The zero-order valence-electron chi connectivity index (χ0n) is 31.7. The fraction of sp³-hybridized carbons (Fsp3) is 0.556. The van der Waals surface area contributed by atoms with Crippen LogP contribution in [0.5, 0.6) is 0 Å². The molecule has 2 aromatic rings. The molecule has 0 fully saturated rings. The van der Waals surface area contributed by atoms with Gasteiger partial charge < -0.3 is 19.2 Å². The second kappa shape index (κ2) is 21.6. The Morgan fingerprint density at radius 1 is 0.660 bits per heavy atom. The molecule has 5 heteroatoms. The molecule has 4 rings (SSSR count). The number of carbonyl (C=O) groups is 1. The van der Waals surface area contributed by atoms with Crippen molar-refractivity contribution >= 4 is 22.6 Å². The van der Waals surface area contributed by atoms with Crippen molar-refractivity contribution < 1.29 is 14.3 Å². The van der Waals surface area contributed by atoms with E-state index in [2.05, 4.69) is 73.7 Å². The number of hydrogen-bond donors (Lipinski definition) is 0. The number of carboxylic acids is 1. The summed E-state index contributed by atoms with van der Waals surface area (Å²) in [5.41, 5.74) is 4.61. The van der Waals surface area contributed by atoms with Gasteiger partial charge in [-0.3, -0.25) is 0 Å². The van der Waals surface area contributed by atoms with E-state index < -0.39 is 5.97 Å². The fourth-order valence-electron chi connectivity index (χ4n) is 7.27. The summed E-state index contributed by atoms with van der Waals surface area (Å²) in [6.45, 7) is 9.86. The highest BCUT2D eigenvalue weighted by Gasteiger charge is 2.21. The van der Waals surface area contributed by atoms with Crippen LogP contribution < -0.4 is 19.9 Å². The number of rotatable bonds is 24. The monoisotopic (exact) mass is 680 g/mol. The van der Waals surface area contributed by atoms with Gasteiger partial charge in [0.05, 0.1) is 12.0 Å². The molecule has 0 unspecified atom stereocenters. The van der Waals surface area contributed by atoms with E-state index in [1.807, 2.05) is 12.1 Å². The Hall–Kier alpha value is -3.60. The molecule has 0 radical (unpaired) electrons. The molecule has 0 saturated carbocycles. The largest absolute Gasteiger partial charge is 0.545 e. The molecule has 0 spiro atoms. The van der Waals surface area contributed by atoms with Crippen molar-refractivity contribution in [2.45, 2.75) is 136 Å². The van der Waals surface area contributed by atoms with Crippen molar-refractivity contribution in [1.29, 1.82) is 0 Å². The van der Waals surface area contributed by atoms with Crippen LogP contribution in [-0.2, 0) is 0 Å². The Labute approximate surface area is 302 Å². The van der Waals surface area contributed by atoms with Gasteiger partial charge >= 0.3 is 0 Å². The van der Waals surface area contributed by atoms with Crippen molar-refractivity contribution in [3.63, 3.8) is 0 Å². The third-order valence-corrected chi connectivity index (χ3v) is 10.3. The van der Waals surface area contributed by atoms with Crippen LogP contribution in [0.1, 0.15) is 147 Å². The molecule has 0 atom stereocenters. The van der Waals surface area contributed by atoms with Crippen LogP contribution in [0.4, 0.5) is 5.69 Å². The third-order valence-electron chi connectivity index (χ3n) is 10.3. The number of unbranched alkanes of at least 4 members (excludes halogenated alkanes) is 15. The van der Waals surface area contributed by atoms with Crippen LogP contribution in [0.15, 0.2) is 65.1 Å². The Bertz CT molecular complexity index is 1620. The molecule has 2 aliphatic rings. The van der Waals surface area contributed by atoms with E-state index in [4.69, 9.17) is 4.42 Å². The van der Waals surface area contributed by atoms with Gasteiger partial charge in [-0.1, -0.05) is 135 Å². The van der Waals surface area contributed by atoms with Crippen LogP contribution in [0, 0.1) is 0 Å². The van der Waals surface area contributed by atoms with Crippen molar-refractivity contribution in [2.24, 2.45) is 0 Å². The lowest BCUT2D eigenvalue weighted by Crippen LogP contribution is -2.27. The van der Waals surface area contributed by atoms with Crippen LogP contribution >= 0.6 is 0 Å². The molecule has 1 heterocycles. The summed E-state index contributed by atoms with van der Waals surface area (Å²) in [5, 5.41) is 14.4. The van der Waals surface area contributed by atoms with E-state index in [1.165, 1.54) is 115 Å². The van der Waals surface area contributed by atoms with Gasteiger partial charge in [0.1, 0.15) is 24.9 Å². The number of nitrogens with zero attached hydrogens (tertiary/aromatic N) is 2. The van der Waals surface area contributed by atoms with Gasteiger partial charge in [0, 0.05) is 59.4 Å². The zero-order valence-corrected chi connectivity index (χ0v) is 31.7. The highest BCUT2D eigenvalue weighted by atomic mass is 16.4. The molecule has 2 aromatic carbocycles. The second-order valence-corrected chi connectivity index (χ2v) is 14.4. The lowest BCUT2D eigenvalue weighted by Gasteiger charge is -2.26. The summed E-state index contributed by atoms with van der Waals surface area (Å²) >= 11 is 0. The molecular formula is C45H64N2O3. The zero-order chi connectivity index (χ0) is 35.6. The molecule has 0 amide bonds. The van der Waals surface area contributed by atoms with Gasteiger partial charge in [-0.05, 0) is 43.0 Å². The lowest BCUT2D eigenvalue weighted by atomic mass is 9.90. The smallest absolute Gasteiger partial charge is 0.203 e. The molecule has 5 nitrogen and oxygen atoms in total. The number of anilines is 1. The molecule has 0 bridgehead atoms. The van der Waals surface area contributed by atoms with Gasteiger partial charge in [0.25, 0.3) is 0 Å². The van der Waals surface area contributed by atoms with Gasteiger partial charge in [-0.15, -0.1) is 0 Å². The van der Waals surface area contributed by atoms with Gasteiger partial charge in [-0.2, -0.15) is 0 Å². The first-order valence-corrected chi connectivity index (χ1v) is 20.1. The molecule has 0 aromatic heterocycles. The first-order valence-electron chi connectivity index (χ1n) is 20.1. The molecule has 1 aliphatic heterocycles. The predicted molar refractivity (Wildman–Crippen MR) is 211 cm³/mol. The number of hydrogen-bond acceptors (Lipinski definition) is 4. The van der Waals surface area contributed by atoms with E-state index in [9.17, 15) is 9.90 Å². The minimum atomic E-state index is -1.17. The van der Waals surface area contributed by atoms with Crippen molar-refractivity contribution in [1.82, 2.24) is 4.58 Å². The number of benzene rings is 3. The minimum Gasteiger partial charge on any atom is -0.545 e. The van der Waals surface area contributed by atoms with Crippen LogP contribution in [0.3, 0.4) is 0 Å². The van der Waals surface area contributed by atoms with Crippen molar-refractivity contribution in [3.05, 3.63) is 71.6 Å². The summed E-state index contributed by atoms with van der Waals surface area (Å²) in [6.07, 6.45) is 22.9. The first kappa shape index (κ1) is 39.2. The van der Waals surface area contributed by atoms with Gasteiger partial charge in [-0.25, -0.2) is 4.58 Å². The summed E-state index contributed by atoms with van der Waals surface area (Å²) < 4.78 is 9.10. The Morgan fingerprint density at radius 2 is 1.24 bits per heavy atom. The van der Waals surface area contributed by atoms with Gasteiger partial charge in [0.2, 0.25) is 5.36 Å². The van der Waals surface area contributed by atoms with Gasteiger partial charge in [0.15, 0.2) is 0 Å². The van der Waals surface area contributed by atoms with E-state index in [-0.39, 0.29) is 5.56 Å². The molecular weight excluding hydrogens is 617 g/mol. The predicted octanol–water partition coefficient (Wildman–Crippen LogP) is 10.9. The van der Waals surface area contributed by atoms with E-state index >= 15 is 0 Å². The van der Waals surface area contributed by atoms with Crippen LogP contribution in [0.2, 0.25) is 0 Å². The fourth-order valence-corrected chi connectivity index (χ4v) is 7.27. The number of carbonyl (C=O) groups excluding carboxylic acids is 1. The quantitative estimate of drug-likeness (QED) is 0.0420. The standard InChI is InChI=1S/C45H64N2O3/c1-5-8-11-14-17-22-31-46(4)36-27-29-40-42(34-36)50-43-35-37(28-30-41(43)44(40)38-25-20-21-26-39(38)45(48)49)47(32-23-18-15-12-9-6-2)33-24-19-16-13-10-7-3/h20-21,25-30,34-35H,5-19,22-24,31-33H2,1-4H3. The molecule has 0 saturated heterocycles. The van der Waals surface area contributed by atoms with E-state index in [0.717, 1.165) is 59.3 Å². The second-order valence-electron chi connectivity index (χ2n) is 14.4. The Balaban J connectivity index is 1.73. The molecule has 272 valence electrons. The van der Waals surface area contributed by atoms with E-state index in [0.29, 0.717) is 5.56 Å². The van der Waals surface area contributed by atoms with Crippen LogP contribution in [-0.4, -0.2) is 32.7 Å². The summed E-state index contributed by atoms with van der Waals surface area (Å²) in [7, 11) is 2.15. The Kier molecular flexibility index (Phi) is 16.9. The van der Waals surface area contributed by atoms with E-state index in [1.54, 1.807) is 12.1 Å². The summed E-state index contributed by atoms with van der Waals surface area (Å²) in [4.78, 5) is 14.9. The van der Waals surface area contributed by atoms with Crippen LogP contribution in [0.25, 0.3) is 33.4 Å². The maximum absolute atomic E-state index is 12.4. The lowest BCUT2D eigenvalue weighted by molar-refractivity contribution is -0.254. The molecule has 1 aliphatic carbocycles. The normalized spacial score (nSPS) is 12.2. The number of aromatic carboxylic acids is 1. The van der Waals surface area contributed by atoms with Crippen molar-refractivity contribution in [2.75, 3.05) is 31.6 Å². The highest BCUT2D eigenvalue weighted by Crippen LogP contribution is 2.42. The Morgan fingerprint density at radius 3 is 1.86 bits per heavy atom. The maximum atomic E-state index is 12.4. The third kappa shape index (κ3) is 11.5. The highest BCUT2D eigenvalue weighted by molar-refractivity contribution is 6.07. The number of carboxylic acid groups (broad SMARTS) is 1. The number of fused-ring (bicyclic) bond motifs is 2.